The first kappa shape index (κ1) is 11.8. The van der Waals surface area contributed by atoms with E-state index in [1.54, 1.807) is 18.7 Å². The largest absolute Gasteiger partial charge is 0.396 e. The summed E-state index contributed by atoms with van der Waals surface area (Å²) in [6.07, 6.45) is 5.90. The molecule has 0 unspecified atom stereocenters. The first-order chi connectivity index (χ1) is 8.12. The predicted octanol–water partition coefficient (Wildman–Crippen LogP) is 0.945. The van der Waals surface area contributed by atoms with Gasteiger partial charge in [-0.2, -0.15) is 0 Å². The predicted molar refractivity (Wildman–Crippen MR) is 64.8 cm³/mol. The van der Waals surface area contributed by atoms with Gasteiger partial charge >= 0.3 is 0 Å². The van der Waals surface area contributed by atoms with Crippen LogP contribution in [0.1, 0.15) is 20.3 Å². The molecule has 2 aromatic rings. The number of hydrogen-bond donors (Lipinski definition) is 2. The first-order valence-electron chi connectivity index (χ1n) is 5.61. The number of hydrogen-bond acceptors (Lipinski definition) is 5. The van der Waals surface area contributed by atoms with E-state index in [4.69, 9.17) is 5.11 Å². The lowest BCUT2D eigenvalue weighted by Gasteiger charge is -2.24. The Morgan fingerprint density at radius 1 is 1.47 bits per heavy atom. The first-order valence-corrected chi connectivity index (χ1v) is 5.61. The summed E-state index contributed by atoms with van der Waals surface area (Å²) < 4.78 is 1.81. The van der Waals surface area contributed by atoms with Gasteiger partial charge in [-0.15, -0.1) is 10.2 Å². The van der Waals surface area contributed by atoms with Crippen LogP contribution in [-0.2, 0) is 0 Å². The summed E-state index contributed by atoms with van der Waals surface area (Å²) in [7, 11) is 0. The van der Waals surface area contributed by atoms with E-state index in [1.807, 2.05) is 4.40 Å². The van der Waals surface area contributed by atoms with E-state index in [-0.39, 0.29) is 12.0 Å². The Labute approximate surface area is 99.7 Å². The summed E-state index contributed by atoms with van der Waals surface area (Å²) in [5.74, 6) is 0.719. The van der Waals surface area contributed by atoms with E-state index in [1.165, 1.54) is 0 Å². The van der Waals surface area contributed by atoms with Gasteiger partial charge in [0.15, 0.2) is 5.82 Å². The van der Waals surface area contributed by atoms with Crippen LogP contribution in [0.4, 0.5) is 5.82 Å². The maximum atomic E-state index is 8.97. The number of aliphatic hydroxyl groups is 1. The highest BCUT2D eigenvalue weighted by molar-refractivity contribution is 5.61. The van der Waals surface area contributed by atoms with Gasteiger partial charge in [0.05, 0.1) is 0 Å². The van der Waals surface area contributed by atoms with Gasteiger partial charge < -0.3 is 10.4 Å². The van der Waals surface area contributed by atoms with Gasteiger partial charge in [0, 0.05) is 25.5 Å². The molecule has 0 aliphatic carbocycles. The fourth-order valence-electron chi connectivity index (χ4n) is 1.60. The summed E-state index contributed by atoms with van der Waals surface area (Å²) in [4.78, 5) is 4.25. The van der Waals surface area contributed by atoms with E-state index in [9.17, 15) is 0 Å². The van der Waals surface area contributed by atoms with Gasteiger partial charge in [-0.1, -0.05) is 13.8 Å². The minimum Gasteiger partial charge on any atom is -0.396 e. The van der Waals surface area contributed by atoms with Crippen molar-refractivity contribution in [2.24, 2.45) is 5.41 Å². The Morgan fingerprint density at radius 3 is 3.06 bits per heavy atom. The molecule has 92 valence electrons. The second kappa shape index (κ2) is 4.67. The third-order valence-electron chi connectivity index (χ3n) is 2.74. The monoisotopic (exact) mass is 235 g/mol. The summed E-state index contributed by atoms with van der Waals surface area (Å²) in [5, 5.41) is 20.1. The van der Waals surface area contributed by atoms with E-state index in [0.29, 0.717) is 5.65 Å². The lowest BCUT2D eigenvalue weighted by molar-refractivity contribution is 0.220. The molecule has 0 fully saturated rings. The van der Waals surface area contributed by atoms with Crippen molar-refractivity contribution in [2.45, 2.75) is 20.3 Å². The molecule has 0 aliphatic rings. The molecular formula is C11H17N5O. The second-order valence-electron chi connectivity index (χ2n) is 4.83. The van der Waals surface area contributed by atoms with Gasteiger partial charge in [-0.3, -0.25) is 4.40 Å². The lowest BCUT2D eigenvalue weighted by Crippen LogP contribution is -2.24. The molecule has 2 rings (SSSR count). The number of anilines is 1. The molecule has 2 aromatic heterocycles. The quantitative estimate of drug-likeness (QED) is 0.806. The van der Waals surface area contributed by atoms with Crippen molar-refractivity contribution in [3.05, 3.63) is 18.7 Å². The second-order valence-corrected chi connectivity index (χ2v) is 4.83. The number of aromatic nitrogens is 4. The molecule has 6 nitrogen and oxygen atoms in total. The van der Waals surface area contributed by atoms with Crippen LogP contribution in [0.2, 0.25) is 0 Å². The Kier molecular flexibility index (Phi) is 3.23. The van der Waals surface area contributed by atoms with E-state index >= 15 is 0 Å². The maximum Gasteiger partial charge on any atom is 0.203 e. The standard InChI is InChI=1S/C11H17N5O/c1-11(2,3-6-17)7-13-9-10-15-14-8-16(10)5-4-12-9/h4-5,8,17H,3,6-7H2,1-2H3,(H,12,13). The van der Waals surface area contributed by atoms with Crippen LogP contribution >= 0.6 is 0 Å². The van der Waals surface area contributed by atoms with Crippen molar-refractivity contribution in [1.29, 1.82) is 0 Å². The van der Waals surface area contributed by atoms with E-state index in [0.717, 1.165) is 18.8 Å². The molecule has 6 heteroatoms. The van der Waals surface area contributed by atoms with Crippen molar-refractivity contribution < 1.29 is 5.11 Å². The third-order valence-corrected chi connectivity index (χ3v) is 2.74. The smallest absolute Gasteiger partial charge is 0.203 e. The summed E-state index contributed by atoms with van der Waals surface area (Å²) in [6, 6.07) is 0. The van der Waals surface area contributed by atoms with Crippen LogP contribution < -0.4 is 5.32 Å². The molecule has 0 saturated carbocycles. The fraction of sp³-hybridized carbons (Fsp3) is 0.545. The summed E-state index contributed by atoms with van der Waals surface area (Å²) >= 11 is 0. The highest BCUT2D eigenvalue weighted by atomic mass is 16.3. The number of nitrogens with one attached hydrogen (secondary N) is 1. The van der Waals surface area contributed by atoms with E-state index in [2.05, 4.69) is 34.3 Å². The van der Waals surface area contributed by atoms with E-state index < -0.39 is 0 Å². The molecule has 0 bridgehead atoms. The van der Waals surface area contributed by atoms with Gasteiger partial charge in [0.1, 0.15) is 6.33 Å². The van der Waals surface area contributed by atoms with Crippen LogP contribution in [0.25, 0.3) is 5.65 Å². The van der Waals surface area contributed by atoms with Crippen LogP contribution in [0.5, 0.6) is 0 Å². The molecule has 0 amide bonds. The summed E-state index contributed by atoms with van der Waals surface area (Å²) in [6.45, 7) is 5.12. The SMILES string of the molecule is CC(C)(CCO)CNc1nccn2cnnc12. The zero-order valence-corrected chi connectivity index (χ0v) is 10.1. The summed E-state index contributed by atoms with van der Waals surface area (Å²) in [5.41, 5.74) is 0.732. The van der Waals surface area contributed by atoms with Gasteiger partial charge in [-0.05, 0) is 11.8 Å². The molecule has 0 aliphatic heterocycles. The normalized spacial score (nSPS) is 11.9. The molecule has 0 atom stereocenters. The molecule has 0 aromatic carbocycles. The van der Waals surface area contributed by atoms with Crippen LogP contribution in [0.15, 0.2) is 18.7 Å². The minimum atomic E-state index is 0.0171. The number of nitrogens with zero attached hydrogens (tertiary/aromatic N) is 4. The Morgan fingerprint density at radius 2 is 2.29 bits per heavy atom. The zero-order chi connectivity index (χ0) is 12.3. The van der Waals surface area contributed by atoms with Crippen molar-refractivity contribution in [3.63, 3.8) is 0 Å². The van der Waals surface area contributed by atoms with Crippen LogP contribution in [0.3, 0.4) is 0 Å². The van der Waals surface area contributed by atoms with Crippen LogP contribution in [-0.4, -0.2) is 37.8 Å². The Bertz CT molecular complexity index is 493. The van der Waals surface area contributed by atoms with Gasteiger partial charge in [-0.25, -0.2) is 4.98 Å². The minimum absolute atomic E-state index is 0.0171. The van der Waals surface area contributed by atoms with Crippen molar-refractivity contribution in [3.8, 4) is 0 Å². The molecular weight excluding hydrogens is 218 g/mol. The highest BCUT2D eigenvalue weighted by Crippen LogP contribution is 2.21. The average molecular weight is 235 g/mol. The highest BCUT2D eigenvalue weighted by Gasteiger charge is 2.17. The fourth-order valence-corrected chi connectivity index (χ4v) is 1.60. The number of aliphatic hydroxyl groups excluding tert-OH is 1. The Balaban J connectivity index is 2.11. The lowest BCUT2D eigenvalue weighted by atomic mass is 9.90. The van der Waals surface area contributed by atoms with Gasteiger partial charge in [0.25, 0.3) is 0 Å². The molecule has 0 saturated heterocycles. The topological polar surface area (TPSA) is 75.3 Å². The molecule has 0 spiro atoms. The average Bonchev–Trinajstić information content (AvgIpc) is 2.74. The van der Waals surface area contributed by atoms with Gasteiger partial charge in [0.2, 0.25) is 5.65 Å². The Hall–Kier alpha value is -1.69. The zero-order valence-electron chi connectivity index (χ0n) is 10.1. The molecule has 17 heavy (non-hydrogen) atoms. The van der Waals surface area contributed by atoms with Crippen molar-refractivity contribution in [1.82, 2.24) is 19.6 Å². The van der Waals surface area contributed by atoms with Crippen LogP contribution in [0, 0.1) is 5.41 Å². The molecule has 2 N–H and O–H groups in total. The van der Waals surface area contributed by atoms with Crippen molar-refractivity contribution >= 4 is 11.5 Å². The number of rotatable bonds is 5. The third kappa shape index (κ3) is 2.71. The molecule has 0 radical (unpaired) electrons. The number of fused-ring (bicyclic) bond motifs is 1. The van der Waals surface area contributed by atoms with Crippen molar-refractivity contribution in [2.75, 3.05) is 18.5 Å². The molecule has 2 heterocycles. The maximum absolute atomic E-state index is 8.97.